The smallest absolute Gasteiger partial charge is 0.0888 e. The minimum Gasteiger partial charge on any atom is -0.306 e. The maximum absolute atomic E-state index is 6.14. The Kier molecular flexibility index (Phi) is 5.93. The van der Waals surface area contributed by atoms with Gasteiger partial charge in [-0.25, -0.2) is 0 Å². The van der Waals surface area contributed by atoms with E-state index in [-0.39, 0.29) is 6.04 Å². The molecule has 2 rings (SSSR count). The van der Waals surface area contributed by atoms with Crippen molar-refractivity contribution < 1.29 is 0 Å². The number of halogens is 4. The first-order chi connectivity index (χ1) is 9.01. The molecule has 0 amide bonds. The Morgan fingerprint density at radius 1 is 1.16 bits per heavy atom. The van der Waals surface area contributed by atoms with Crippen LogP contribution in [0.15, 0.2) is 37.0 Å². The van der Waals surface area contributed by atoms with Crippen LogP contribution in [0.1, 0.15) is 23.4 Å². The van der Waals surface area contributed by atoms with E-state index in [0.717, 1.165) is 24.3 Å². The van der Waals surface area contributed by atoms with Crippen molar-refractivity contribution in [3.63, 3.8) is 0 Å². The van der Waals surface area contributed by atoms with Gasteiger partial charge in [0, 0.05) is 13.8 Å². The molecule has 0 fully saturated rings. The molecular weight excluding hydrogens is 477 g/mol. The summed E-state index contributed by atoms with van der Waals surface area (Å²) in [4.78, 5) is 1.20. The van der Waals surface area contributed by atoms with Gasteiger partial charge in [-0.3, -0.25) is 0 Å². The topological polar surface area (TPSA) is 12.0 Å². The van der Waals surface area contributed by atoms with Crippen LogP contribution < -0.4 is 5.32 Å². The Labute approximate surface area is 147 Å². The Morgan fingerprint density at radius 3 is 2.26 bits per heavy atom. The Hall–Kier alpha value is 0.610. The van der Waals surface area contributed by atoms with E-state index in [1.54, 1.807) is 11.3 Å². The minimum atomic E-state index is 0.146. The fraction of sp³-hybridized carbons (Fsp3) is 0.231. The molecule has 1 aromatic heterocycles. The predicted molar refractivity (Wildman–Crippen MR) is 94.4 cm³/mol. The highest BCUT2D eigenvalue weighted by molar-refractivity contribution is 9.11. The molecule has 19 heavy (non-hydrogen) atoms. The van der Waals surface area contributed by atoms with Crippen molar-refractivity contribution in [1.82, 2.24) is 5.32 Å². The van der Waals surface area contributed by atoms with Crippen LogP contribution in [0.2, 0.25) is 5.02 Å². The van der Waals surface area contributed by atoms with Gasteiger partial charge in [-0.2, -0.15) is 0 Å². The number of thiophene rings is 1. The van der Waals surface area contributed by atoms with Crippen molar-refractivity contribution >= 4 is 70.7 Å². The summed E-state index contributed by atoms with van der Waals surface area (Å²) < 4.78 is 3.09. The van der Waals surface area contributed by atoms with Crippen molar-refractivity contribution in [3.05, 3.63) is 52.5 Å². The maximum atomic E-state index is 6.14. The first-order valence-electron chi connectivity index (χ1n) is 5.65. The molecule has 0 saturated carbocycles. The van der Waals surface area contributed by atoms with Crippen LogP contribution in [0.3, 0.4) is 0 Å². The largest absolute Gasteiger partial charge is 0.306 e. The lowest BCUT2D eigenvalue weighted by molar-refractivity contribution is 0.639. The van der Waals surface area contributed by atoms with Gasteiger partial charge < -0.3 is 5.32 Å². The summed E-state index contributed by atoms with van der Waals surface area (Å²) in [6.45, 7) is 2.99. The molecule has 102 valence electrons. The molecule has 1 aromatic carbocycles. The lowest BCUT2D eigenvalue weighted by Crippen LogP contribution is -2.21. The molecule has 0 spiro atoms. The summed E-state index contributed by atoms with van der Waals surface area (Å²) in [6.07, 6.45) is 0. The molecule has 1 nitrogen and oxygen atoms in total. The minimum absolute atomic E-state index is 0.146. The van der Waals surface area contributed by atoms with E-state index in [1.807, 2.05) is 12.1 Å². The van der Waals surface area contributed by atoms with Crippen molar-refractivity contribution in [1.29, 1.82) is 0 Å². The summed E-state index contributed by atoms with van der Waals surface area (Å²) in [5.74, 6) is 0. The summed E-state index contributed by atoms with van der Waals surface area (Å²) in [5.41, 5.74) is 1.20. The van der Waals surface area contributed by atoms with Gasteiger partial charge in [-0.05, 0) is 52.3 Å². The monoisotopic (exact) mass is 485 g/mol. The normalized spacial score (nSPS) is 12.7. The van der Waals surface area contributed by atoms with Crippen LogP contribution in [0.5, 0.6) is 0 Å². The van der Waals surface area contributed by atoms with Crippen LogP contribution in [0, 0.1) is 0 Å². The first kappa shape index (κ1) is 16.0. The molecule has 1 atom stereocenters. The zero-order valence-electron chi connectivity index (χ0n) is 10.0. The number of benzene rings is 1. The van der Waals surface area contributed by atoms with Gasteiger partial charge >= 0.3 is 0 Å². The van der Waals surface area contributed by atoms with E-state index >= 15 is 0 Å². The van der Waals surface area contributed by atoms with Gasteiger partial charge in [0.25, 0.3) is 0 Å². The second-order valence-corrected chi connectivity index (χ2v) is 8.60. The van der Waals surface area contributed by atoms with Gasteiger partial charge in [-0.15, -0.1) is 11.3 Å². The van der Waals surface area contributed by atoms with Crippen LogP contribution in [0.25, 0.3) is 0 Å². The maximum Gasteiger partial charge on any atom is 0.0888 e. The highest BCUT2D eigenvalue weighted by Crippen LogP contribution is 2.38. The standard InChI is InChI=1S/C13H11Br3ClNS/c1-2-18-12(11-6-10(17)13(16)19-11)7-3-8(14)5-9(15)4-7/h3-6,12,18H,2H2,1H3. The first-order valence-corrected chi connectivity index (χ1v) is 9.22. The van der Waals surface area contributed by atoms with E-state index in [1.165, 1.54) is 10.4 Å². The Morgan fingerprint density at radius 2 is 1.79 bits per heavy atom. The fourth-order valence-corrected chi connectivity index (χ4v) is 5.01. The SMILES string of the molecule is CCNC(c1cc(Br)cc(Br)c1)c1cc(Cl)c(Br)s1. The summed E-state index contributed by atoms with van der Waals surface area (Å²) in [6, 6.07) is 8.44. The average molecular weight is 488 g/mol. The fourth-order valence-electron chi connectivity index (χ4n) is 1.83. The van der Waals surface area contributed by atoms with Gasteiger partial charge in [0.15, 0.2) is 0 Å². The van der Waals surface area contributed by atoms with Gasteiger partial charge in [0.05, 0.1) is 14.9 Å². The molecule has 0 saturated heterocycles. The lowest BCUT2D eigenvalue weighted by Gasteiger charge is -2.17. The van der Waals surface area contributed by atoms with E-state index < -0.39 is 0 Å². The van der Waals surface area contributed by atoms with Gasteiger partial charge in [0.2, 0.25) is 0 Å². The van der Waals surface area contributed by atoms with E-state index in [0.29, 0.717) is 0 Å². The molecule has 1 heterocycles. The second kappa shape index (κ2) is 7.05. The number of hydrogen-bond donors (Lipinski definition) is 1. The molecule has 0 radical (unpaired) electrons. The summed E-state index contributed by atoms with van der Waals surface area (Å²) in [5, 5.41) is 4.26. The molecule has 0 bridgehead atoms. The third-order valence-electron chi connectivity index (χ3n) is 2.58. The van der Waals surface area contributed by atoms with Crippen molar-refractivity contribution in [2.24, 2.45) is 0 Å². The summed E-state index contributed by atoms with van der Waals surface area (Å²) in [7, 11) is 0. The quantitative estimate of drug-likeness (QED) is 0.526. The zero-order chi connectivity index (χ0) is 14.0. The third kappa shape index (κ3) is 4.05. The van der Waals surface area contributed by atoms with E-state index in [2.05, 4.69) is 72.2 Å². The van der Waals surface area contributed by atoms with Crippen LogP contribution >= 0.6 is 70.7 Å². The van der Waals surface area contributed by atoms with Crippen molar-refractivity contribution in [3.8, 4) is 0 Å². The average Bonchev–Trinajstić information content (AvgIpc) is 2.65. The highest BCUT2D eigenvalue weighted by atomic mass is 79.9. The predicted octanol–water partition coefficient (Wildman–Crippen LogP) is 6.39. The third-order valence-corrected chi connectivity index (χ3v) is 6.03. The van der Waals surface area contributed by atoms with E-state index in [4.69, 9.17) is 11.6 Å². The summed E-state index contributed by atoms with van der Waals surface area (Å²) >= 11 is 18.3. The Bertz CT molecular complexity index is 546. The number of nitrogens with one attached hydrogen (secondary N) is 1. The van der Waals surface area contributed by atoms with Gasteiger partial charge in [0.1, 0.15) is 0 Å². The van der Waals surface area contributed by atoms with Crippen LogP contribution in [-0.2, 0) is 0 Å². The molecule has 0 aliphatic heterocycles. The van der Waals surface area contributed by atoms with Crippen LogP contribution in [0.4, 0.5) is 0 Å². The zero-order valence-corrected chi connectivity index (χ0v) is 16.3. The lowest BCUT2D eigenvalue weighted by atomic mass is 10.1. The number of rotatable bonds is 4. The Balaban J connectivity index is 2.44. The van der Waals surface area contributed by atoms with Gasteiger partial charge in [-0.1, -0.05) is 50.4 Å². The number of hydrogen-bond acceptors (Lipinski definition) is 2. The molecule has 0 aliphatic carbocycles. The molecule has 1 unspecified atom stereocenters. The van der Waals surface area contributed by atoms with Crippen molar-refractivity contribution in [2.45, 2.75) is 13.0 Å². The van der Waals surface area contributed by atoms with Crippen molar-refractivity contribution in [2.75, 3.05) is 6.54 Å². The van der Waals surface area contributed by atoms with Crippen LogP contribution in [-0.4, -0.2) is 6.54 Å². The highest BCUT2D eigenvalue weighted by Gasteiger charge is 2.18. The second-order valence-electron chi connectivity index (χ2n) is 3.96. The molecular formula is C13H11Br3ClNS. The molecule has 0 aliphatic rings. The van der Waals surface area contributed by atoms with E-state index in [9.17, 15) is 0 Å². The molecule has 6 heteroatoms. The molecule has 2 aromatic rings. The molecule has 1 N–H and O–H groups in total.